The first-order chi connectivity index (χ1) is 11.2. The Bertz CT molecular complexity index is 908. The van der Waals surface area contributed by atoms with Crippen molar-refractivity contribution in [1.29, 1.82) is 0 Å². The Balaban J connectivity index is 2.31. The maximum Gasteiger partial charge on any atom is 0.242 e. The minimum atomic E-state index is -3.62. The van der Waals surface area contributed by atoms with Crippen LogP contribution in [0.5, 0.6) is 0 Å². The van der Waals surface area contributed by atoms with Crippen LogP contribution in [0.1, 0.15) is 15.9 Å². The van der Waals surface area contributed by atoms with Crippen molar-refractivity contribution in [2.24, 2.45) is 0 Å². The lowest BCUT2D eigenvalue weighted by atomic mass is 10.1. The van der Waals surface area contributed by atoms with Crippen molar-refractivity contribution >= 4 is 37.8 Å². The van der Waals surface area contributed by atoms with E-state index in [1.54, 1.807) is 12.1 Å². The van der Waals surface area contributed by atoms with Gasteiger partial charge in [-0.1, -0.05) is 28.1 Å². The first-order valence-corrected chi connectivity index (χ1v) is 9.15. The SMILES string of the molecule is CN(C)S(=O)(=O)c1cccc(C(=O)/C=C/c2cc(Br)ccc2F)c1. The highest BCUT2D eigenvalue weighted by Gasteiger charge is 2.18. The predicted octanol–water partition coefficient (Wildman–Crippen LogP) is 3.73. The van der Waals surface area contributed by atoms with Gasteiger partial charge in [0.25, 0.3) is 0 Å². The summed E-state index contributed by atoms with van der Waals surface area (Å²) in [7, 11) is -0.789. The van der Waals surface area contributed by atoms with Crippen LogP contribution < -0.4 is 0 Å². The lowest BCUT2D eigenvalue weighted by Gasteiger charge is -2.11. The first kappa shape index (κ1) is 18.5. The van der Waals surface area contributed by atoms with Crippen LogP contribution in [-0.4, -0.2) is 32.6 Å². The zero-order chi connectivity index (χ0) is 17.9. The molecule has 0 heterocycles. The molecule has 0 aliphatic heterocycles. The standard InChI is InChI=1S/C17H15BrFNO3S/c1-20(2)24(22,23)15-5-3-4-13(11-15)17(21)9-6-12-10-14(18)7-8-16(12)19/h3-11H,1-2H3/b9-6+. The molecule has 0 amide bonds. The quantitative estimate of drug-likeness (QED) is 0.556. The highest BCUT2D eigenvalue weighted by atomic mass is 79.9. The first-order valence-electron chi connectivity index (χ1n) is 6.92. The normalized spacial score (nSPS) is 12.0. The fraction of sp³-hybridized carbons (Fsp3) is 0.118. The molecular weight excluding hydrogens is 397 g/mol. The number of nitrogens with zero attached hydrogens (tertiary/aromatic N) is 1. The molecule has 0 saturated carbocycles. The van der Waals surface area contributed by atoms with Gasteiger partial charge in [0.2, 0.25) is 10.0 Å². The number of carbonyl (C=O) groups excluding carboxylic acids is 1. The Labute approximate surface area is 148 Å². The average molecular weight is 412 g/mol. The van der Waals surface area contributed by atoms with Crippen LogP contribution in [0.15, 0.2) is 57.9 Å². The molecule has 7 heteroatoms. The van der Waals surface area contributed by atoms with Gasteiger partial charge in [-0.05, 0) is 42.5 Å². The van der Waals surface area contributed by atoms with Crippen LogP contribution in [0.4, 0.5) is 4.39 Å². The molecular formula is C17H15BrFNO3S. The molecule has 0 radical (unpaired) electrons. The lowest BCUT2D eigenvalue weighted by molar-refractivity contribution is 0.104. The Hall–Kier alpha value is -1.83. The van der Waals surface area contributed by atoms with Crippen molar-refractivity contribution in [3.05, 3.63) is 70.0 Å². The maximum absolute atomic E-state index is 13.7. The molecule has 0 fully saturated rings. The van der Waals surface area contributed by atoms with Crippen molar-refractivity contribution in [2.75, 3.05) is 14.1 Å². The van der Waals surface area contributed by atoms with Crippen LogP contribution >= 0.6 is 15.9 Å². The van der Waals surface area contributed by atoms with Gasteiger partial charge in [-0.25, -0.2) is 17.1 Å². The summed E-state index contributed by atoms with van der Waals surface area (Å²) in [6.45, 7) is 0. The third-order valence-corrected chi connectivity index (χ3v) is 5.57. The predicted molar refractivity (Wildman–Crippen MR) is 94.8 cm³/mol. The van der Waals surface area contributed by atoms with E-state index in [0.717, 1.165) is 4.31 Å². The number of ketones is 1. The Morgan fingerprint density at radius 3 is 2.54 bits per heavy atom. The van der Waals surface area contributed by atoms with Gasteiger partial charge in [-0.3, -0.25) is 4.79 Å². The fourth-order valence-electron chi connectivity index (χ4n) is 1.92. The number of carbonyl (C=O) groups is 1. The molecule has 0 bridgehead atoms. The summed E-state index contributed by atoms with van der Waals surface area (Å²) in [4.78, 5) is 12.3. The second-order valence-corrected chi connectivity index (χ2v) is 8.25. The van der Waals surface area contributed by atoms with Gasteiger partial charge >= 0.3 is 0 Å². The van der Waals surface area contributed by atoms with Gasteiger partial charge in [0.1, 0.15) is 5.82 Å². The number of hydrogen-bond donors (Lipinski definition) is 0. The minimum absolute atomic E-state index is 0.0281. The summed E-state index contributed by atoms with van der Waals surface area (Å²) in [5, 5.41) is 0. The highest BCUT2D eigenvalue weighted by molar-refractivity contribution is 9.10. The van der Waals surface area contributed by atoms with Gasteiger partial charge in [0.15, 0.2) is 5.78 Å². The number of benzene rings is 2. The van der Waals surface area contributed by atoms with Crippen molar-refractivity contribution in [1.82, 2.24) is 4.31 Å². The second-order valence-electron chi connectivity index (χ2n) is 5.18. The van der Waals surface area contributed by atoms with E-state index in [9.17, 15) is 17.6 Å². The largest absolute Gasteiger partial charge is 0.289 e. The van der Waals surface area contributed by atoms with Crippen molar-refractivity contribution in [3.63, 3.8) is 0 Å². The number of allylic oxidation sites excluding steroid dienone is 1. The summed E-state index contributed by atoms with van der Waals surface area (Å²) in [5.74, 6) is -0.864. The zero-order valence-corrected chi connectivity index (χ0v) is 15.4. The van der Waals surface area contributed by atoms with Gasteiger partial charge < -0.3 is 0 Å². The van der Waals surface area contributed by atoms with E-state index >= 15 is 0 Å². The van der Waals surface area contributed by atoms with Gasteiger partial charge in [-0.2, -0.15) is 0 Å². The zero-order valence-electron chi connectivity index (χ0n) is 13.0. The maximum atomic E-state index is 13.7. The van der Waals surface area contributed by atoms with Crippen LogP contribution in [0, 0.1) is 5.82 Å². The minimum Gasteiger partial charge on any atom is -0.289 e. The highest BCUT2D eigenvalue weighted by Crippen LogP contribution is 2.18. The van der Waals surface area contributed by atoms with E-state index < -0.39 is 21.6 Å². The van der Waals surface area contributed by atoms with E-state index in [-0.39, 0.29) is 16.0 Å². The van der Waals surface area contributed by atoms with Crippen LogP contribution in [0.2, 0.25) is 0 Å². The van der Waals surface area contributed by atoms with Crippen LogP contribution in [-0.2, 0) is 10.0 Å². The van der Waals surface area contributed by atoms with E-state index in [1.165, 1.54) is 56.6 Å². The number of rotatable bonds is 5. The molecule has 0 aromatic heterocycles. The lowest BCUT2D eigenvalue weighted by Crippen LogP contribution is -2.22. The van der Waals surface area contributed by atoms with Gasteiger partial charge in [-0.15, -0.1) is 0 Å². The molecule has 0 N–H and O–H groups in total. The third-order valence-electron chi connectivity index (χ3n) is 3.27. The monoisotopic (exact) mass is 411 g/mol. The fourth-order valence-corrected chi connectivity index (χ4v) is 3.25. The summed E-state index contributed by atoms with van der Waals surface area (Å²) >= 11 is 3.24. The van der Waals surface area contributed by atoms with Crippen LogP contribution in [0.3, 0.4) is 0 Å². The Kier molecular flexibility index (Phi) is 5.69. The van der Waals surface area contributed by atoms with Crippen molar-refractivity contribution in [3.8, 4) is 0 Å². The summed E-state index contributed by atoms with van der Waals surface area (Å²) in [5.41, 5.74) is 0.472. The number of hydrogen-bond acceptors (Lipinski definition) is 3. The molecule has 126 valence electrons. The molecule has 24 heavy (non-hydrogen) atoms. The van der Waals surface area contributed by atoms with E-state index in [1.807, 2.05) is 0 Å². The molecule has 0 aliphatic carbocycles. The van der Waals surface area contributed by atoms with Gasteiger partial charge in [0, 0.05) is 29.7 Å². The molecule has 0 atom stereocenters. The molecule has 0 aliphatic rings. The smallest absolute Gasteiger partial charge is 0.242 e. The molecule has 4 nitrogen and oxygen atoms in total. The van der Waals surface area contributed by atoms with Crippen molar-refractivity contribution in [2.45, 2.75) is 4.90 Å². The Morgan fingerprint density at radius 1 is 1.17 bits per heavy atom. The average Bonchev–Trinajstić information content (AvgIpc) is 2.55. The Morgan fingerprint density at radius 2 is 1.88 bits per heavy atom. The molecule has 2 rings (SSSR count). The number of sulfonamides is 1. The van der Waals surface area contributed by atoms with Crippen molar-refractivity contribution < 1.29 is 17.6 Å². The molecule has 2 aromatic carbocycles. The number of halogens is 2. The van der Waals surface area contributed by atoms with E-state index in [4.69, 9.17) is 0 Å². The summed E-state index contributed by atoms with van der Waals surface area (Å²) < 4.78 is 39.6. The molecule has 0 unspecified atom stereocenters. The molecule has 0 saturated heterocycles. The summed E-state index contributed by atoms with van der Waals surface area (Å²) in [6.07, 6.45) is 2.57. The second kappa shape index (κ2) is 7.38. The van der Waals surface area contributed by atoms with E-state index in [2.05, 4.69) is 15.9 Å². The summed E-state index contributed by atoms with van der Waals surface area (Å²) in [6, 6.07) is 10.1. The third kappa shape index (κ3) is 4.17. The van der Waals surface area contributed by atoms with E-state index in [0.29, 0.717) is 4.47 Å². The molecule has 2 aromatic rings. The van der Waals surface area contributed by atoms with Crippen LogP contribution in [0.25, 0.3) is 6.08 Å². The molecule has 0 spiro atoms. The van der Waals surface area contributed by atoms with Gasteiger partial charge in [0.05, 0.1) is 4.90 Å². The topological polar surface area (TPSA) is 54.5 Å².